The highest BCUT2D eigenvalue weighted by Gasteiger charge is 2.31. The summed E-state index contributed by atoms with van der Waals surface area (Å²) in [6.45, 7) is 8.34. The van der Waals surface area contributed by atoms with Crippen molar-refractivity contribution in [1.82, 2.24) is 10.2 Å². The largest absolute Gasteiger partial charge is 0.401 e. The molecule has 1 N–H and O–H groups in total. The molecule has 0 aromatic heterocycles. The van der Waals surface area contributed by atoms with Gasteiger partial charge in [-0.15, -0.1) is 0 Å². The van der Waals surface area contributed by atoms with Crippen LogP contribution in [0.25, 0.3) is 0 Å². The van der Waals surface area contributed by atoms with E-state index in [9.17, 15) is 13.2 Å². The van der Waals surface area contributed by atoms with E-state index in [1.54, 1.807) is 6.92 Å². The van der Waals surface area contributed by atoms with Gasteiger partial charge >= 0.3 is 6.18 Å². The highest BCUT2D eigenvalue weighted by atomic mass is 19.4. The van der Waals surface area contributed by atoms with Gasteiger partial charge in [0.15, 0.2) is 0 Å². The molecule has 0 amide bonds. The van der Waals surface area contributed by atoms with Gasteiger partial charge in [0.25, 0.3) is 0 Å². The van der Waals surface area contributed by atoms with Crippen molar-refractivity contribution in [3.63, 3.8) is 0 Å². The molecule has 0 aliphatic rings. The minimum absolute atomic E-state index is 0.0871. The number of aryl methyl sites for hydroxylation is 2. The molecular formula is C16H25F3N2. The van der Waals surface area contributed by atoms with Crippen molar-refractivity contribution in [2.75, 3.05) is 26.2 Å². The van der Waals surface area contributed by atoms with Gasteiger partial charge in [0.1, 0.15) is 0 Å². The quantitative estimate of drug-likeness (QED) is 0.823. The van der Waals surface area contributed by atoms with Crippen LogP contribution in [0.3, 0.4) is 0 Å². The molecule has 1 aromatic carbocycles. The third-order valence-electron chi connectivity index (χ3n) is 3.39. The molecule has 2 nitrogen and oxygen atoms in total. The number of likely N-dealkylation sites (N-methyl/N-ethyl adjacent to an activating group) is 2. The predicted octanol–water partition coefficient (Wildman–Crippen LogP) is 3.84. The molecule has 1 rings (SSSR count). The highest BCUT2D eigenvalue weighted by molar-refractivity contribution is 5.31. The fourth-order valence-electron chi connectivity index (χ4n) is 2.56. The summed E-state index contributed by atoms with van der Waals surface area (Å²) in [4.78, 5) is 1.44. The minimum Gasteiger partial charge on any atom is -0.309 e. The lowest BCUT2D eigenvalue weighted by Gasteiger charge is -2.28. The molecule has 0 saturated heterocycles. The van der Waals surface area contributed by atoms with Crippen molar-refractivity contribution in [1.29, 1.82) is 0 Å². The lowest BCUT2D eigenvalue weighted by Crippen LogP contribution is -2.40. The van der Waals surface area contributed by atoms with E-state index in [0.29, 0.717) is 13.1 Å². The van der Waals surface area contributed by atoms with Gasteiger partial charge in [-0.25, -0.2) is 0 Å². The molecule has 0 radical (unpaired) electrons. The second-order valence-corrected chi connectivity index (χ2v) is 5.47. The summed E-state index contributed by atoms with van der Waals surface area (Å²) in [5.74, 6) is 0. The zero-order valence-corrected chi connectivity index (χ0v) is 13.2. The summed E-state index contributed by atoms with van der Waals surface area (Å²) in [7, 11) is 0. The maximum atomic E-state index is 12.6. The zero-order valence-electron chi connectivity index (χ0n) is 13.2. The Morgan fingerprint density at radius 1 is 1.10 bits per heavy atom. The molecule has 0 aliphatic heterocycles. The summed E-state index contributed by atoms with van der Waals surface area (Å²) in [6.07, 6.45) is -4.16. The first kappa shape index (κ1) is 18.0. The summed E-state index contributed by atoms with van der Waals surface area (Å²) in [6, 6.07) is 6.07. The number of halogens is 3. The normalized spacial score (nSPS) is 13.7. The van der Waals surface area contributed by atoms with E-state index in [2.05, 4.69) is 11.4 Å². The van der Waals surface area contributed by atoms with Crippen LogP contribution < -0.4 is 5.32 Å². The molecule has 1 unspecified atom stereocenters. The van der Waals surface area contributed by atoms with E-state index >= 15 is 0 Å². The van der Waals surface area contributed by atoms with Crippen LogP contribution in [0.1, 0.15) is 36.6 Å². The number of rotatable bonds is 7. The lowest BCUT2D eigenvalue weighted by molar-refractivity contribution is -0.146. The van der Waals surface area contributed by atoms with Crippen molar-refractivity contribution in [3.05, 3.63) is 34.9 Å². The van der Waals surface area contributed by atoms with Crippen molar-refractivity contribution < 1.29 is 13.2 Å². The molecule has 0 spiro atoms. The van der Waals surface area contributed by atoms with E-state index in [4.69, 9.17) is 0 Å². The maximum Gasteiger partial charge on any atom is 0.401 e. The van der Waals surface area contributed by atoms with Crippen LogP contribution in [-0.4, -0.2) is 37.3 Å². The van der Waals surface area contributed by atoms with Gasteiger partial charge in [0.2, 0.25) is 0 Å². The average molecular weight is 302 g/mol. The van der Waals surface area contributed by atoms with Crippen LogP contribution >= 0.6 is 0 Å². The zero-order chi connectivity index (χ0) is 16.0. The fourth-order valence-corrected chi connectivity index (χ4v) is 2.56. The SMILES string of the molecule is CCNC(CN(CC)CC(F)(F)F)c1cc(C)cc(C)c1. The molecule has 0 bridgehead atoms. The first-order valence-corrected chi connectivity index (χ1v) is 7.35. The third-order valence-corrected chi connectivity index (χ3v) is 3.39. The number of hydrogen-bond acceptors (Lipinski definition) is 2. The Balaban J connectivity index is 2.89. The van der Waals surface area contributed by atoms with Crippen molar-refractivity contribution in [2.24, 2.45) is 0 Å². The topological polar surface area (TPSA) is 15.3 Å². The molecule has 21 heavy (non-hydrogen) atoms. The molecule has 0 aliphatic carbocycles. The smallest absolute Gasteiger partial charge is 0.309 e. The van der Waals surface area contributed by atoms with Crippen molar-refractivity contribution in [3.8, 4) is 0 Å². The Labute approximate surface area is 125 Å². The average Bonchev–Trinajstić information content (AvgIpc) is 2.34. The Morgan fingerprint density at radius 2 is 1.67 bits per heavy atom. The van der Waals surface area contributed by atoms with Crippen molar-refractivity contribution in [2.45, 2.75) is 39.9 Å². The standard InChI is InChI=1S/C16H25F3N2/c1-5-20-15(10-21(6-2)11-16(17,18)19)14-8-12(3)7-13(4)9-14/h7-9,15,20H,5-6,10-11H2,1-4H3. The molecule has 1 atom stereocenters. The second kappa shape index (κ2) is 7.80. The predicted molar refractivity (Wildman–Crippen MR) is 80.5 cm³/mol. The molecular weight excluding hydrogens is 277 g/mol. The molecule has 5 heteroatoms. The van der Waals surface area contributed by atoms with Crippen LogP contribution in [0.2, 0.25) is 0 Å². The number of hydrogen-bond donors (Lipinski definition) is 1. The molecule has 0 heterocycles. The lowest BCUT2D eigenvalue weighted by atomic mass is 10.0. The van der Waals surface area contributed by atoms with E-state index in [-0.39, 0.29) is 6.04 Å². The number of nitrogens with zero attached hydrogens (tertiary/aromatic N) is 1. The molecule has 120 valence electrons. The third kappa shape index (κ3) is 6.48. The van der Waals surface area contributed by atoms with E-state index < -0.39 is 12.7 Å². The Hall–Kier alpha value is -1.07. The molecule has 0 fully saturated rings. The van der Waals surface area contributed by atoms with E-state index in [0.717, 1.165) is 23.2 Å². The van der Waals surface area contributed by atoms with E-state index in [1.165, 1.54) is 4.90 Å². The second-order valence-electron chi connectivity index (χ2n) is 5.47. The van der Waals surface area contributed by atoms with Crippen LogP contribution in [0, 0.1) is 13.8 Å². The van der Waals surface area contributed by atoms with Gasteiger partial charge in [-0.1, -0.05) is 43.2 Å². The Bertz CT molecular complexity index is 423. The highest BCUT2D eigenvalue weighted by Crippen LogP contribution is 2.21. The van der Waals surface area contributed by atoms with Crippen LogP contribution in [0.4, 0.5) is 13.2 Å². The number of alkyl halides is 3. The van der Waals surface area contributed by atoms with Crippen LogP contribution in [-0.2, 0) is 0 Å². The Morgan fingerprint density at radius 3 is 2.10 bits per heavy atom. The van der Waals surface area contributed by atoms with Gasteiger partial charge in [0, 0.05) is 12.6 Å². The first-order valence-electron chi connectivity index (χ1n) is 7.35. The molecule has 0 saturated carbocycles. The summed E-state index contributed by atoms with van der Waals surface area (Å²) < 4.78 is 37.8. The fraction of sp³-hybridized carbons (Fsp3) is 0.625. The maximum absolute atomic E-state index is 12.6. The first-order chi connectivity index (χ1) is 9.75. The van der Waals surface area contributed by atoms with Gasteiger partial charge in [-0.2, -0.15) is 13.2 Å². The van der Waals surface area contributed by atoms with Crippen molar-refractivity contribution >= 4 is 0 Å². The summed E-state index contributed by atoms with van der Waals surface area (Å²) >= 11 is 0. The van der Waals surface area contributed by atoms with Gasteiger partial charge in [0.05, 0.1) is 6.54 Å². The van der Waals surface area contributed by atoms with Gasteiger partial charge in [-0.3, -0.25) is 4.90 Å². The minimum atomic E-state index is -4.16. The summed E-state index contributed by atoms with van der Waals surface area (Å²) in [5, 5.41) is 3.29. The summed E-state index contributed by atoms with van der Waals surface area (Å²) in [5.41, 5.74) is 3.31. The Kier molecular flexibility index (Phi) is 6.68. The van der Waals surface area contributed by atoms with Crippen LogP contribution in [0.5, 0.6) is 0 Å². The number of benzene rings is 1. The van der Waals surface area contributed by atoms with Gasteiger partial charge < -0.3 is 5.32 Å². The van der Waals surface area contributed by atoms with E-state index in [1.807, 2.05) is 32.9 Å². The molecule has 1 aromatic rings. The van der Waals surface area contributed by atoms with Gasteiger partial charge in [-0.05, 0) is 32.5 Å². The number of nitrogens with one attached hydrogen (secondary N) is 1. The van der Waals surface area contributed by atoms with Crippen LogP contribution in [0.15, 0.2) is 18.2 Å². The monoisotopic (exact) mass is 302 g/mol.